The molecule has 0 fully saturated rings. The number of amides is 2. The highest BCUT2D eigenvalue weighted by atomic mass is 16.6. The fourth-order valence-corrected chi connectivity index (χ4v) is 4.90. The number of carbonyl (C=O) groups excluding carboxylic acids is 6. The molecular formula is C40H40N2O10. The SMILES string of the molecule is O=C(N[C@@H](CCCC[C@H](NC(=O)OCc1ccccc1)C(=O)OCC(=O)c1ccccc1)C(=O)OCC(=O)c1ccccc1)OCc1ccccc1. The summed E-state index contributed by atoms with van der Waals surface area (Å²) in [4.78, 5) is 76.6. The molecule has 4 rings (SSSR count). The molecule has 270 valence electrons. The quantitative estimate of drug-likeness (QED) is 0.0512. The van der Waals surface area contributed by atoms with Crippen LogP contribution in [0.15, 0.2) is 121 Å². The summed E-state index contributed by atoms with van der Waals surface area (Å²) in [6.45, 7) is -1.15. The summed E-state index contributed by atoms with van der Waals surface area (Å²) in [5, 5.41) is 5.02. The van der Waals surface area contributed by atoms with Crippen LogP contribution in [0.1, 0.15) is 57.5 Å². The van der Waals surface area contributed by atoms with Gasteiger partial charge in [-0.15, -0.1) is 0 Å². The van der Waals surface area contributed by atoms with Gasteiger partial charge in [0.15, 0.2) is 24.8 Å². The Morgan fingerprint density at radius 1 is 0.442 bits per heavy atom. The van der Waals surface area contributed by atoms with Gasteiger partial charge in [-0.3, -0.25) is 9.59 Å². The maximum atomic E-state index is 13.1. The largest absolute Gasteiger partial charge is 0.456 e. The van der Waals surface area contributed by atoms with E-state index in [1.54, 1.807) is 109 Å². The zero-order valence-corrected chi connectivity index (χ0v) is 28.4. The minimum absolute atomic E-state index is 0.0382. The predicted molar refractivity (Wildman–Crippen MR) is 189 cm³/mol. The normalized spacial score (nSPS) is 11.6. The van der Waals surface area contributed by atoms with Crippen LogP contribution in [0.3, 0.4) is 0 Å². The first kappa shape index (κ1) is 38.5. The molecule has 0 saturated heterocycles. The third-order valence-electron chi connectivity index (χ3n) is 7.70. The second-order valence-electron chi connectivity index (χ2n) is 11.6. The summed E-state index contributed by atoms with van der Waals surface area (Å²) in [6, 6.07) is 32.2. The molecule has 2 amide bonds. The van der Waals surface area contributed by atoms with E-state index in [0.717, 1.165) is 11.1 Å². The van der Waals surface area contributed by atoms with Crippen molar-refractivity contribution in [1.82, 2.24) is 10.6 Å². The van der Waals surface area contributed by atoms with Gasteiger partial charge in [0.25, 0.3) is 0 Å². The molecule has 0 radical (unpaired) electrons. The van der Waals surface area contributed by atoms with Crippen LogP contribution in [0.25, 0.3) is 0 Å². The molecule has 0 spiro atoms. The number of benzene rings is 4. The van der Waals surface area contributed by atoms with Gasteiger partial charge in [0.1, 0.15) is 25.3 Å². The Hall–Kier alpha value is -6.30. The van der Waals surface area contributed by atoms with Crippen LogP contribution in [-0.2, 0) is 41.8 Å². The average molecular weight is 709 g/mol. The second-order valence-corrected chi connectivity index (χ2v) is 11.6. The highest BCUT2D eigenvalue weighted by Crippen LogP contribution is 2.12. The number of esters is 2. The molecule has 4 aromatic carbocycles. The van der Waals surface area contributed by atoms with E-state index in [2.05, 4.69) is 10.6 Å². The first-order valence-electron chi connectivity index (χ1n) is 16.7. The lowest BCUT2D eigenvalue weighted by Gasteiger charge is -2.19. The molecule has 4 aromatic rings. The van der Waals surface area contributed by atoms with Gasteiger partial charge in [0.05, 0.1) is 0 Å². The summed E-state index contributed by atoms with van der Waals surface area (Å²) >= 11 is 0. The monoisotopic (exact) mass is 708 g/mol. The number of ketones is 2. The molecule has 0 saturated carbocycles. The first-order chi connectivity index (χ1) is 25.3. The number of unbranched alkanes of at least 4 members (excludes halogenated alkanes) is 1. The molecule has 12 nitrogen and oxygen atoms in total. The Labute approximate surface area is 301 Å². The van der Waals surface area contributed by atoms with Gasteiger partial charge in [-0.2, -0.15) is 0 Å². The van der Waals surface area contributed by atoms with Gasteiger partial charge in [-0.25, -0.2) is 19.2 Å². The van der Waals surface area contributed by atoms with Crippen molar-refractivity contribution in [2.75, 3.05) is 13.2 Å². The Kier molecular flexibility index (Phi) is 15.6. The minimum Gasteiger partial charge on any atom is -0.456 e. The van der Waals surface area contributed by atoms with Gasteiger partial charge < -0.3 is 29.6 Å². The number of Topliss-reactive ketones (excluding diaryl/α,β-unsaturated/α-hetero) is 2. The Balaban J connectivity index is 1.35. The predicted octanol–water partition coefficient (Wildman–Crippen LogP) is 5.99. The zero-order chi connectivity index (χ0) is 37.0. The third-order valence-corrected chi connectivity index (χ3v) is 7.70. The van der Waals surface area contributed by atoms with E-state index in [0.29, 0.717) is 11.1 Å². The van der Waals surface area contributed by atoms with Crippen molar-refractivity contribution in [3.8, 4) is 0 Å². The fraction of sp³-hybridized carbons (Fsp3) is 0.250. The van der Waals surface area contributed by atoms with Gasteiger partial charge in [-0.1, -0.05) is 134 Å². The molecule has 0 bridgehead atoms. The Morgan fingerprint density at radius 2 is 0.769 bits per heavy atom. The van der Waals surface area contributed by atoms with E-state index < -0.39 is 61.0 Å². The summed E-state index contributed by atoms with van der Waals surface area (Å²) < 4.78 is 21.1. The lowest BCUT2D eigenvalue weighted by molar-refractivity contribution is -0.146. The van der Waals surface area contributed by atoms with Crippen LogP contribution in [0.5, 0.6) is 0 Å². The molecule has 0 aliphatic heterocycles. The van der Waals surface area contributed by atoms with Crippen molar-refractivity contribution < 1.29 is 47.7 Å². The molecule has 2 atom stereocenters. The zero-order valence-electron chi connectivity index (χ0n) is 28.4. The number of rotatable bonds is 19. The van der Waals surface area contributed by atoms with Gasteiger partial charge in [0, 0.05) is 11.1 Å². The maximum Gasteiger partial charge on any atom is 0.408 e. The fourth-order valence-electron chi connectivity index (χ4n) is 4.90. The van der Waals surface area contributed by atoms with Crippen LogP contribution >= 0.6 is 0 Å². The smallest absolute Gasteiger partial charge is 0.408 e. The molecule has 0 aliphatic rings. The van der Waals surface area contributed by atoms with E-state index in [9.17, 15) is 28.8 Å². The average Bonchev–Trinajstić information content (AvgIpc) is 3.19. The summed E-state index contributed by atoms with van der Waals surface area (Å²) in [7, 11) is 0. The van der Waals surface area contributed by atoms with Crippen molar-refractivity contribution in [2.24, 2.45) is 0 Å². The van der Waals surface area contributed by atoms with E-state index in [1.165, 1.54) is 0 Å². The van der Waals surface area contributed by atoms with Gasteiger partial charge in [-0.05, 0) is 24.0 Å². The number of carbonyl (C=O) groups is 6. The van der Waals surface area contributed by atoms with Crippen LogP contribution in [0.4, 0.5) is 9.59 Å². The van der Waals surface area contributed by atoms with E-state index in [4.69, 9.17) is 18.9 Å². The number of ether oxygens (including phenoxy) is 4. The Bertz CT molecular complexity index is 1620. The summed E-state index contributed by atoms with van der Waals surface area (Å²) in [5.41, 5.74) is 2.20. The topological polar surface area (TPSA) is 163 Å². The molecule has 0 aromatic heterocycles. The molecule has 0 heterocycles. The molecule has 0 unspecified atom stereocenters. The van der Waals surface area contributed by atoms with E-state index in [-0.39, 0.29) is 38.9 Å². The Morgan fingerprint density at radius 3 is 1.12 bits per heavy atom. The standard InChI is InChI=1S/C40H40N2O10/c43-35(31-19-9-3-10-20-31)27-49-37(45)33(41-39(47)51-25-29-15-5-1-6-16-29)23-13-14-24-34(42-40(48)52-26-30-17-7-2-8-18-30)38(46)50-28-36(44)32-21-11-4-12-22-32/h1-12,15-22,33-34H,13-14,23-28H2,(H,41,47)(H,42,48)/t33-,34-/m0/s1. The molecule has 0 aliphatic carbocycles. The maximum absolute atomic E-state index is 13.1. The second kappa shape index (κ2) is 21.0. The van der Waals surface area contributed by atoms with E-state index >= 15 is 0 Å². The van der Waals surface area contributed by atoms with Crippen molar-refractivity contribution in [3.63, 3.8) is 0 Å². The van der Waals surface area contributed by atoms with Gasteiger partial charge >= 0.3 is 24.1 Å². The van der Waals surface area contributed by atoms with Crippen molar-refractivity contribution in [2.45, 2.75) is 51.0 Å². The molecule has 2 N–H and O–H groups in total. The highest BCUT2D eigenvalue weighted by Gasteiger charge is 2.27. The summed E-state index contributed by atoms with van der Waals surface area (Å²) in [5.74, 6) is -2.54. The number of hydrogen-bond donors (Lipinski definition) is 2. The molecular weight excluding hydrogens is 668 g/mol. The molecule has 52 heavy (non-hydrogen) atoms. The van der Waals surface area contributed by atoms with Crippen molar-refractivity contribution >= 4 is 35.7 Å². The van der Waals surface area contributed by atoms with Crippen LogP contribution < -0.4 is 10.6 Å². The van der Waals surface area contributed by atoms with E-state index in [1.807, 2.05) is 12.1 Å². The number of hydrogen-bond acceptors (Lipinski definition) is 10. The number of nitrogens with one attached hydrogen (secondary N) is 2. The van der Waals surface area contributed by atoms with Crippen LogP contribution in [0.2, 0.25) is 0 Å². The van der Waals surface area contributed by atoms with Crippen LogP contribution in [0, 0.1) is 0 Å². The first-order valence-corrected chi connectivity index (χ1v) is 16.7. The third kappa shape index (κ3) is 13.5. The molecule has 12 heteroatoms. The highest BCUT2D eigenvalue weighted by molar-refractivity contribution is 5.98. The van der Waals surface area contributed by atoms with Gasteiger partial charge in [0.2, 0.25) is 0 Å². The number of alkyl carbamates (subject to hydrolysis) is 2. The lowest BCUT2D eigenvalue weighted by atomic mass is 10.0. The minimum atomic E-state index is -1.19. The van der Waals surface area contributed by atoms with Crippen molar-refractivity contribution in [1.29, 1.82) is 0 Å². The van der Waals surface area contributed by atoms with Crippen LogP contribution in [-0.4, -0.2) is 61.0 Å². The van der Waals surface area contributed by atoms with Crippen molar-refractivity contribution in [3.05, 3.63) is 144 Å². The lowest BCUT2D eigenvalue weighted by Crippen LogP contribution is -2.43. The summed E-state index contributed by atoms with van der Waals surface area (Å²) in [6.07, 6.45) is -1.12.